The number of aromatic amines is 1. The van der Waals surface area contributed by atoms with Crippen molar-refractivity contribution in [2.45, 2.75) is 19.8 Å². The van der Waals surface area contributed by atoms with Crippen LogP contribution in [0.3, 0.4) is 0 Å². The standard InChI is InChI=1S/C13H16N4O2/c1-8(7-14)13-15-9(2)12(16-13)10-4-3-5-11(6-10)17(18)19/h3-6,8H,7,14H2,1-2H3,(H,15,16). The minimum absolute atomic E-state index is 0.0633. The fourth-order valence-electron chi connectivity index (χ4n) is 1.88. The molecule has 0 fully saturated rings. The van der Waals surface area contributed by atoms with Gasteiger partial charge in [0.1, 0.15) is 5.82 Å². The van der Waals surface area contributed by atoms with Crippen LogP contribution in [0.1, 0.15) is 24.4 Å². The molecular weight excluding hydrogens is 244 g/mol. The van der Waals surface area contributed by atoms with E-state index >= 15 is 0 Å². The molecule has 0 aliphatic heterocycles. The first-order chi connectivity index (χ1) is 9.02. The van der Waals surface area contributed by atoms with Crippen LogP contribution in [0.25, 0.3) is 11.3 Å². The fraction of sp³-hybridized carbons (Fsp3) is 0.308. The van der Waals surface area contributed by atoms with Crippen LogP contribution in [0.2, 0.25) is 0 Å². The molecule has 0 radical (unpaired) electrons. The molecule has 0 saturated carbocycles. The van der Waals surface area contributed by atoms with E-state index in [1.165, 1.54) is 12.1 Å². The average Bonchev–Trinajstić information content (AvgIpc) is 2.80. The number of aryl methyl sites for hydroxylation is 1. The highest BCUT2D eigenvalue weighted by molar-refractivity contribution is 5.64. The predicted octanol–water partition coefficient (Wildman–Crippen LogP) is 2.36. The van der Waals surface area contributed by atoms with Gasteiger partial charge in [0.25, 0.3) is 5.69 Å². The number of H-pyrrole nitrogens is 1. The summed E-state index contributed by atoms with van der Waals surface area (Å²) in [4.78, 5) is 18.1. The molecule has 1 atom stereocenters. The third-order valence-electron chi connectivity index (χ3n) is 3.05. The third-order valence-corrected chi connectivity index (χ3v) is 3.05. The summed E-state index contributed by atoms with van der Waals surface area (Å²) < 4.78 is 0. The van der Waals surface area contributed by atoms with Crippen LogP contribution in [0.15, 0.2) is 24.3 Å². The fourth-order valence-corrected chi connectivity index (χ4v) is 1.88. The summed E-state index contributed by atoms with van der Waals surface area (Å²) >= 11 is 0. The molecule has 0 aliphatic carbocycles. The predicted molar refractivity (Wildman–Crippen MR) is 72.9 cm³/mol. The number of rotatable bonds is 4. The van der Waals surface area contributed by atoms with E-state index < -0.39 is 4.92 Å². The Bertz CT molecular complexity index is 606. The normalized spacial score (nSPS) is 12.4. The summed E-state index contributed by atoms with van der Waals surface area (Å²) in [5, 5.41) is 10.8. The lowest BCUT2D eigenvalue weighted by atomic mass is 10.1. The van der Waals surface area contributed by atoms with Crippen molar-refractivity contribution in [3.8, 4) is 11.3 Å². The molecule has 0 aliphatic rings. The van der Waals surface area contributed by atoms with Crippen molar-refractivity contribution in [3.05, 3.63) is 45.9 Å². The number of imidazole rings is 1. The molecule has 1 heterocycles. The lowest BCUT2D eigenvalue weighted by Crippen LogP contribution is -2.10. The molecule has 2 rings (SSSR count). The van der Waals surface area contributed by atoms with Gasteiger partial charge in [-0.05, 0) is 6.92 Å². The summed E-state index contributed by atoms with van der Waals surface area (Å²) in [7, 11) is 0. The second-order valence-corrected chi connectivity index (χ2v) is 4.54. The Morgan fingerprint density at radius 3 is 2.89 bits per heavy atom. The number of nitro groups is 1. The van der Waals surface area contributed by atoms with Gasteiger partial charge in [-0.25, -0.2) is 4.98 Å². The molecule has 2 aromatic rings. The van der Waals surface area contributed by atoms with E-state index in [2.05, 4.69) is 9.97 Å². The van der Waals surface area contributed by atoms with E-state index in [1.54, 1.807) is 6.07 Å². The van der Waals surface area contributed by atoms with Gasteiger partial charge in [0, 0.05) is 35.9 Å². The number of nitro benzene ring substituents is 1. The first kappa shape index (κ1) is 13.2. The summed E-state index contributed by atoms with van der Waals surface area (Å²) in [6.45, 7) is 4.38. The second kappa shape index (κ2) is 5.19. The molecule has 100 valence electrons. The minimum atomic E-state index is -0.408. The van der Waals surface area contributed by atoms with Crippen molar-refractivity contribution in [1.82, 2.24) is 9.97 Å². The van der Waals surface area contributed by atoms with Gasteiger partial charge in [0.2, 0.25) is 0 Å². The number of hydrogen-bond acceptors (Lipinski definition) is 4. The first-order valence-electron chi connectivity index (χ1n) is 6.04. The van der Waals surface area contributed by atoms with E-state index in [0.717, 1.165) is 22.8 Å². The smallest absolute Gasteiger partial charge is 0.270 e. The van der Waals surface area contributed by atoms with Crippen molar-refractivity contribution in [3.63, 3.8) is 0 Å². The van der Waals surface area contributed by atoms with Gasteiger partial charge in [-0.3, -0.25) is 10.1 Å². The summed E-state index contributed by atoms with van der Waals surface area (Å²) in [5.41, 5.74) is 8.03. The van der Waals surface area contributed by atoms with Gasteiger partial charge in [0.05, 0.1) is 10.6 Å². The second-order valence-electron chi connectivity index (χ2n) is 4.54. The summed E-state index contributed by atoms with van der Waals surface area (Å²) in [5.74, 6) is 0.938. The highest BCUT2D eigenvalue weighted by Gasteiger charge is 2.15. The maximum atomic E-state index is 10.8. The number of nitrogens with zero attached hydrogens (tertiary/aromatic N) is 2. The van der Waals surface area contributed by atoms with Crippen LogP contribution in [0.4, 0.5) is 5.69 Å². The Labute approximate surface area is 110 Å². The Morgan fingerprint density at radius 2 is 2.26 bits per heavy atom. The van der Waals surface area contributed by atoms with Gasteiger partial charge in [-0.15, -0.1) is 0 Å². The lowest BCUT2D eigenvalue weighted by Gasteiger charge is -2.02. The Kier molecular flexibility index (Phi) is 3.62. The molecule has 1 aromatic carbocycles. The van der Waals surface area contributed by atoms with Gasteiger partial charge in [0.15, 0.2) is 0 Å². The molecule has 1 unspecified atom stereocenters. The van der Waals surface area contributed by atoms with E-state index in [4.69, 9.17) is 5.73 Å². The molecule has 0 amide bonds. The molecule has 6 nitrogen and oxygen atoms in total. The van der Waals surface area contributed by atoms with Crippen LogP contribution >= 0.6 is 0 Å². The first-order valence-corrected chi connectivity index (χ1v) is 6.04. The van der Waals surface area contributed by atoms with E-state index in [1.807, 2.05) is 19.9 Å². The SMILES string of the molecule is Cc1[nH]c(C(C)CN)nc1-c1cccc([N+](=O)[O-])c1. The molecule has 1 aromatic heterocycles. The zero-order valence-corrected chi connectivity index (χ0v) is 10.9. The molecular formula is C13H16N4O2. The van der Waals surface area contributed by atoms with Crippen LogP contribution in [0, 0.1) is 17.0 Å². The van der Waals surface area contributed by atoms with E-state index in [-0.39, 0.29) is 11.6 Å². The van der Waals surface area contributed by atoms with Crippen molar-refractivity contribution < 1.29 is 4.92 Å². The Balaban J connectivity index is 2.44. The summed E-state index contributed by atoms with van der Waals surface area (Å²) in [6.07, 6.45) is 0. The van der Waals surface area contributed by atoms with Crippen molar-refractivity contribution >= 4 is 5.69 Å². The van der Waals surface area contributed by atoms with Crippen molar-refractivity contribution in [2.24, 2.45) is 5.73 Å². The zero-order valence-electron chi connectivity index (χ0n) is 10.9. The van der Waals surface area contributed by atoms with E-state index in [9.17, 15) is 10.1 Å². The van der Waals surface area contributed by atoms with Crippen LogP contribution in [-0.2, 0) is 0 Å². The molecule has 0 saturated heterocycles. The zero-order chi connectivity index (χ0) is 14.0. The van der Waals surface area contributed by atoms with Crippen molar-refractivity contribution in [2.75, 3.05) is 6.54 Å². The van der Waals surface area contributed by atoms with Gasteiger partial charge in [-0.1, -0.05) is 19.1 Å². The van der Waals surface area contributed by atoms with Crippen LogP contribution in [-0.4, -0.2) is 21.4 Å². The number of non-ortho nitro benzene ring substituents is 1. The Hall–Kier alpha value is -2.21. The Morgan fingerprint density at radius 1 is 1.53 bits per heavy atom. The van der Waals surface area contributed by atoms with Crippen LogP contribution in [0.5, 0.6) is 0 Å². The molecule has 19 heavy (non-hydrogen) atoms. The number of nitrogens with two attached hydrogens (primary N) is 1. The molecule has 0 bridgehead atoms. The molecule has 6 heteroatoms. The summed E-state index contributed by atoms with van der Waals surface area (Å²) in [6, 6.07) is 6.47. The maximum Gasteiger partial charge on any atom is 0.270 e. The number of aromatic nitrogens is 2. The third kappa shape index (κ3) is 2.63. The topological polar surface area (TPSA) is 97.8 Å². The lowest BCUT2D eigenvalue weighted by molar-refractivity contribution is -0.384. The highest BCUT2D eigenvalue weighted by Crippen LogP contribution is 2.26. The maximum absolute atomic E-state index is 10.8. The van der Waals surface area contributed by atoms with Crippen LogP contribution < -0.4 is 5.73 Å². The quantitative estimate of drug-likeness (QED) is 0.651. The van der Waals surface area contributed by atoms with E-state index in [0.29, 0.717) is 6.54 Å². The largest absolute Gasteiger partial charge is 0.345 e. The van der Waals surface area contributed by atoms with Gasteiger partial charge >= 0.3 is 0 Å². The number of hydrogen-bond donors (Lipinski definition) is 2. The minimum Gasteiger partial charge on any atom is -0.345 e. The monoisotopic (exact) mass is 260 g/mol. The van der Waals surface area contributed by atoms with Gasteiger partial charge in [-0.2, -0.15) is 0 Å². The molecule has 0 spiro atoms. The highest BCUT2D eigenvalue weighted by atomic mass is 16.6. The molecule has 3 N–H and O–H groups in total. The number of nitrogens with one attached hydrogen (secondary N) is 1. The average molecular weight is 260 g/mol. The van der Waals surface area contributed by atoms with Crippen molar-refractivity contribution in [1.29, 1.82) is 0 Å². The van der Waals surface area contributed by atoms with Gasteiger partial charge < -0.3 is 10.7 Å². The number of benzene rings is 1.